The van der Waals surface area contributed by atoms with Crippen molar-refractivity contribution >= 4 is 24.0 Å². The molecule has 0 saturated heterocycles. The molecule has 8 nitrogen and oxygen atoms in total. The van der Waals surface area contributed by atoms with Gasteiger partial charge in [0.15, 0.2) is 5.54 Å². The average molecular weight is 397 g/mol. The van der Waals surface area contributed by atoms with Crippen LogP contribution >= 0.6 is 0 Å². The molecule has 156 valence electrons. The summed E-state index contributed by atoms with van der Waals surface area (Å²) in [5, 5.41) is 14.6. The third-order valence-corrected chi connectivity index (χ3v) is 3.96. The predicted octanol–water partition coefficient (Wildman–Crippen LogP) is -0.00740. The lowest BCUT2D eigenvalue weighted by Gasteiger charge is -2.42. The smallest absolute Gasteiger partial charge is 0.390 e. The van der Waals surface area contributed by atoms with Crippen LogP contribution in [0.1, 0.15) is 34.1 Å². The third-order valence-electron chi connectivity index (χ3n) is 3.96. The van der Waals surface area contributed by atoms with Gasteiger partial charge in [0.25, 0.3) is 5.78 Å². The van der Waals surface area contributed by atoms with E-state index in [0.29, 0.717) is 0 Å². The van der Waals surface area contributed by atoms with E-state index in [0.717, 1.165) is 11.8 Å². The van der Waals surface area contributed by atoms with E-state index in [2.05, 4.69) is 5.32 Å². The highest BCUT2D eigenvalue weighted by molar-refractivity contribution is 5.98. The number of alkyl halides is 3. The molecular formula is C16H26F3N3O5. The van der Waals surface area contributed by atoms with Crippen LogP contribution in [0.15, 0.2) is 0 Å². The van der Waals surface area contributed by atoms with Crippen molar-refractivity contribution in [2.24, 2.45) is 5.41 Å². The molecule has 0 aromatic carbocycles. The Morgan fingerprint density at radius 1 is 1.15 bits per heavy atom. The maximum absolute atomic E-state index is 12.8. The van der Waals surface area contributed by atoms with Crippen LogP contribution < -0.4 is 10.6 Å². The van der Waals surface area contributed by atoms with E-state index >= 15 is 0 Å². The molecule has 3 N–H and O–H groups in total. The minimum atomic E-state index is -5.18. The second kappa shape index (κ2) is 8.68. The van der Waals surface area contributed by atoms with Gasteiger partial charge in [-0.05, 0) is 12.3 Å². The van der Waals surface area contributed by atoms with Crippen molar-refractivity contribution < 1.29 is 37.5 Å². The van der Waals surface area contributed by atoms with E-state index in [-0.39, 0.29) is 6.41 Å². The Labute approximate surface area is 155 Å². The molecule has 0 bridgehead atoms. The van der Waals surface area contributed by atoms with Gasteiger partial charge in [0.05, 0.1) is 18.6 Å². The van der Waals surface area contributed by atoms with Gasteiger partial charge in [-0.2, -0.15) is 13.2 Å². The summed E-state index contributed by atoms with van der Waals surface area (Å²) in [5.41, 5.74) is -3.32. The van der Waals surface area contributed by atoms with Gasteiger partial charge >= 0.3 is 6.18 Å². The maximum Gasteiger partial charge on any atom is 0.452 e. The van der Waals surface area contributed by atoms with Gasteiger partial charge < -0.3 is 20.6 Å². The zero-order valence-corrected chi connectivity index (χ0v) is 16.1. The molecule has 3 amide bonds. The van der Waals surface area contributed by atoms with Gasteiger partial charge in [-0.1, -0.05) is 20.8 Å². The van der Waals surface area contributed by atoms with Crippen molar-refractivity contribution in [3.63, 3.8) is 0 Å². The van der Waals surface area contributed by atoms with E-state index in [1.165, 1.54) is 34.9 Å². The number of ketones is 1. The van der Waals surface area contributed by atoms with E-state index < -0.39 is 53.3 Å². The average Bonchev–Trinajstić information content (AvgIpc) is 2.50. The number of nitrogens with one attached hydrogen (secondary N) is 2. The SMILES string of the molecule is CC(NC(=O)[C@](CC(=O)N(C)C)(NC=O)[C@@H](O)C(C)(C)C)C(=O)C(F)(F)F. The summed E-state index contributed by atoms with van der Waals surface area (Å²) in [6.07, 6.45) is -7.51. The van der Waals surface area contributed by atoms with Crippen LogP contribution in [0.4, 0.5) is 13.2 Å². The van der Waals surface area contributed by atoms with Crippen LogP contribution in [0, 0.1) is 5.41 Å². The van der Waals surface area contributed by atoms with E-state index in [4.69, 9.17) is 0 Å². The van der Waals surface area contributed by atoms with Crippen molar-refractivity contribution in [1.29, 1.82) is 0 Å². The molecule has 0 aliphatic heterocycles. The van der Waals surface area contributed by atoms with E-state index in [1.54, 1.807) is 0 Å². The molecule has 0 aliphatic rings. The quantitative estimate of drug-likeness (QED) is 0.499. The Balaban J connectivity index is 6.06. The van der Waals surface area contributed by atoms with Crippen molar-refractivity contribution in [1.82, 2.24) is 15.5 Å². The number of aliphatic hydroxyl groups is 1. The number of rotatable bonds is 8. The van der Waals surface area contributed by atoms with Crippen molar-refractivity contribution in [2.75, 3.05) is 14.1 Å². The minimum Gasteiger partial charge on any atom is -0.390 e. The van der Waals surface area contributed by atoms with Gasteiger partial charge in [-0.25, -0.2) is 0 Å². The largest absolute Gasteiger partial charge is 0.452 e. The summed E-state index contributed by atoms with van der Waals surface area (Å²) in [7, 11) is 2.73. The zero-order valence-electron chi connectivity index (χ0n) is 16.1. The van der Waals surface area contributed by atoms with Crippen molar-refractivity contribution in [3.8, 4) is 0 Å². The maximum atomic E-state index is 12.8. The Morgan fingerprint density at radius 2 is 1.63 bits per heavy atom. The van der Waals surface area contributed by atoms with Gasteiger partial charge in [0, 0.05) is 14.1 Å². The number of nitrogens with zero attached hydrogens (tertiary/aromatic N) is 1. The van der Waals surface area contributed by atoms with Crippen LogP contribution in [0.3, 0.4) is 0 Å². The van der Waals surface area contributed by atoms with Gasteiger partial charge in [-0.15, -0.1) is 0 Å². The molecule has 0 spiro atoms. The monoisotopic (exact) mass is 397 g/mol. The predicted molar refractivity (Wildman–Crippen MR) is 89.4 cm³/mol. The Kier molecular flexibility index (Phi) is 7.98. The first-order valence-corrected chi connectivity index (χ1v) is 8.02. The number of halogens is 3. The summed E-state index contributed by atoms with van der Waals surface area (Å²) in [6.45, 7) is 5.35. The Morgan fingerprint density at radius 3 is 1.96 bits per heavy atom. The summed E-state index contributed by atoms with van der Waals surface area (Å²) in [6, 6.07) is -1.98. The van der Waals surface area contributed by atoms with Gasteiger partial charge in [-0.3, -0.25) is 19.2 Å². The number of hydrogen-bond acceptors (Lipinski definition) is 5. The highest BCUT2D eigenvalue weighted by atomic mass is 19.4. The molecule has 0 rings (SSSR count). The highest BCUT2D eigenvalue weighted by Gasteiger charge is 2.52. The first kappa shape index (κ1) is 24.8. The van der Waals surface area contributed by atoms with E-state index in [9.17, 15) is 37.5 Å². The lowest BCUT2D eigenvalue weighted by atomic mass is 9.73. The van der Waals surface area contributed by atoms with Gasteiger partial charge in [0.1, 0.15) is 0 Å². The molecule has 0 saturated carbocycles. The number of aliphatic hydroxyl groups excluding tert-OH is 1. The molecule has 11 heteroatoms. The Bertz CT molecular complexity index is 587. The van der Waals surface area contributed by atoms with E-state index in [1.807, 2.05) is 5.32 Å². The number of Topliss-reactive ketones (excluding diaryl/α,β-unsaturated/α-hetero) is 1. The number of amides is 3. The molecule has 0 aliphatic carbocycles. The molecule has 0 radical (unpaired) electrons. The second-order valence-corrected chi connectivity index (χ2v) is 7.52. The summed E-state index contributed by atoms with van der Waals surface area (Å²) >= 11 is 0. The first-order valence-electron chi connectivity index (χ1n) is 8.02. The van der Waals surface area contributed by atoms with Crippen molar-refractivity contribution in [2.45, 2.75) is 58.0 Å². The Hall–Kier alpha value is -2.17. The van der Waals surface area contributed by atoms with Crippen molar-refractivity contribution in [3.05, 3.63) is 0 Å². The second-order valence-electron chi connectivity index (χ2n) is 7.52. The van der Waals surface area contributed by atoms with Crippen LogP contribution in [-0.2, 0) is 19.2 Å². The lowest BCUT2D eigenvalue weighted by Crippen LogP contribution is -2.69. The van der Waals surface area contributed by atoms with Crippen LogP contribution in [-0.4, -0.2) is 72.0 Å². The molecule has 0 fully saturated rings. The van der Waals surface area contributed by atoms with Crippen LogP contribution in [0.5, 0.6) is 0 Å². The molecule has 27 heavy (non-hydrogen) atoms. The third kappa shape index (κ3) is 6.19. The molecule has 0 heterocycles. The minimum absolute atomic E-state index is 0.0632. The molecular weight excluding hydrogens is 371 g/mol. The molecule has 0 aromatic rings. The lowest BCUT2D eigenvalue weighted by molar-refractivity contribution is -0.173. The first-order chi connectivity index (χ1) is 12.0. The topological polar surface area (TPSA) is 116 Å². The fourth-order valence-corrected chi connectivity index (χ4v) is 2.37. The fraction of sp³-hybridized carbons (Fsp3) is 0.750. The number of hydrogen-bond donors (Lipinski definition) is 3. The summed E-state index contributed by atoms with van der Waals surface area (Å²) in [4.78, 5) is 48.5. The fourth-order valence-electron chi connectivity index (χ4n) is 2.37. The molecule has 1 unspecified atom stereocenters. The molecule has 3 atom stereocenters. The highest BCUT2D eigenvalue weighted by Crippen LogP contribution is 2.31. The normalized spacial score (nSPS) is 16.5. The standard InChI is InChI=1S/C16H26F3N3O5/c1-9(11(25)16(17,18)19)21-13(27)15(20-8-23,7-10(24)22(5)6)12(26)14(2,3)4/h8-9,12,26H,7H2,1-6H3,(H,20,23)(H,21,27)/t9?,12-,15+/m0/s1. The number of carbonyl (C=O) groups excluding carboxylic acids is 4. The van der Waals surface area contributed by atoms with Crippen LogP contribution in [0.25, 0.3) is 0 Å². The summed E-state index contributed by atoms with van der Waals surface area (Å²) < 4.78 is 37.7. The number of carbonyl (C=O) groups is 4. The summed E-state index contributed by atoms with van der Waals surface area (Å²) in [5.74, 6) is -4.16. The van der Waals surface area contributed by atoms with Gasteiger partial charge in [0.2, 0.25) is 18.2 Å². The zero-order chi connectivity index (χ0) is 21.8. The van der Waals surface area contributed by atoms with Crippen LogP contribution in [0.2, 0.25) is 0 Å². The molecule has 0 aromatic heterocycles.